The van der Waals surface area contributed by atoms with E-state index in [1.165, 1.54) is 212 Å². The van der Waals surface area contributed by atoms with E-state index in [9.17, 15) is 39.6 Å². The summed E-state index contributed by atoms with van der Waals surface area (Å²) in [7, 11) is -0.767. The second-order valence-electron chi connectivity index (χ2n) is 26.2. The molecule has 0 aromatic heterocycles. The van der Waals surface area contributed by atoms with E-state index in [4.69, 9.17) is 0 Å². The SMILES string of the molecule is CCCCC(CCCC)(CCCC)CCCCCCCCCCN(CCCCCCCCCC[P+](CCCC)(CCCC)CCCC)CCCCCN(O)C(=O)CCC(=O)NCCCCCN(O)C(=O)CCC(=O)CCCCCCN(O)C(C)=O. The van der Waals surface area contributed by atoms with Gasteiger partial charge in [-0.3, -0.25) is 39.6 Å². The van der Waals surface area contributed by atoms with Crippen LogP contribution in [0.4, 0.5) is 0 Å². The molecule has 0 aromatic rings. The Labute approximate surface area is 525 Å². The van der Waals surface area contributed by atoms with Crippen molar-refractivity contribution in [3.63, 3.8) is 0 Å². The molecule has 0 rings (SSSR count). The maximum absolute atomic E-state index is 12.7. The summed E-state index contributed by atoms with van der Waals surface area (Å²) < 4.78 is 0. The Morgan fingerprint density at radius 2 is 0.671 bits per heavy atom. The number of hydrogen-bond acceptors (Lipinski definition) is 9. The van der Waals surface area contributed by atoms with Crippen molar-refractivity contribution in [3.8, 4) is 0 Å². The first-order valence-electron chi connectivity index (χ1n) is 36.5. The van der Waals surface area contributed by atoms with E-state index in [1.54, 1.807) is 24.6 Å². The van der Waals surface area contributed by atoms with Gasteiger partial charge in [0.25, 0.3) is 0 Å². The molecule has 0 unspecified atom stereocenters. The van der Waals surface area contributed by atoms with Gasteiger partial charge in [-0.2, -0.15) is 0 Å². The van der Waals surface area contributed by atoms with Crippen molar-refractivity contribution in [2.45, 2.75) is 350 Å². The van der Waals surface area contributed by atoms with Crippen LogP contribution in [-0.2, 0) is 24.0 Å². The maximum atomic E-state index is 12.7. The molecule has 0 aliphatic carbocycles. The molecule has 14 heteroatoms. The van der Waals surface area contributed by atoms with E-state index in [0.717, 1.165) is 56.8 Å². The van der Waals surface area contributed by atoms with Crippen molar-refractivity contribution in [1.29, 1.82) is 0 Å². The van der Waals surface area contributed by atoms with Crippen LogP contribution in [0.25, 0.3) is 0 Å². The minimum Gasteiger partial charge on any atom is -0.356 e. The van der Waals surface area contributed by atoms with E-state index in [1.807, 2.05) is 0 Å². The van der Waals surface area contributed by atoms with Crippen LogP contribution in [0, 0.1) is 5.41 Å². The number of Topliss-reactive ketones (excluding diaryl/α,β-unsaturated/α-hetero) is 1. The number of ketones is 1. The van der Waals surface area contributed by atoms with Gasteiger partial charge in [0.15, 0.2) is 0 Å². The molecule has 85 heavy (non-hydrogen) atoms. The summed E-state index contributed by atoms with van der Waals surface area (Å²) in [4.78, 5) is 63.5. The van der Waals surface area contributed by atoms with E-state index < -0.39 is 25.0 Å². The second-order valence-corrected chi connectivity index (χ2v) is 30.7. The second kappa shape index (κ2) is 58.2. The summed E-state index contributed by atoms with van der Waals surface area (Å²) in [6.07, 6.45) is 58.1. The Kier molecular flexibility index (Phi) is 56.7. The topological polar surface area (TPSA) is 171 Å². The van der Waals surface area contributed by atoms with Gasteiger partial charge in [0.1, 0.15) is 5.78 Å². The molecule has 0 fully saturated rings. The minimum absolute atomic E-state index is 0.00336. The lowest BCUT2D eigenvalue weighted by molar-refractivity contribution is -0.166. The minimum atomic E-state index is -0.767. The highest BCUT2D eigenvalue weighted by atomic mass is 31.2. The van der Waals surface area contributed by atoms with Crippen molar-refractivity contribution in [2.24, 2.45) is 5.41 Å². The summed E-state index contributed by atoms with van der Waals surface area (Å²) >= 11 is 0. The quantitative estimate of drug-likeness (QED) is 0.0200. The van der Waals surface area contributed by atoms with Gasteiger partial charge in [-0.1, -0.05) is 196 Å². The van der Waals surface area contributed by atoms with Crippen molar-refractivity contribution in [1.82, 2.24) is 25.4 Å². The molecule has 0 radical (unpaired) electrons. The largest absolute Gasteiger partial charge is 0.356 e. The first-order chi connectivity index (χ1) is 41.2. The standard InChI is InChI=1S/C71H140N5O8P/c1-8-14-51-71(52-15-9-2,53-16-10-3)54-37-29-24-20-21-25-30-39-56-73(57-40-31-26-22-23-27-33-45-65-85(62-17-11-4,63-18-12-5)64-19-13-6)58-41-35-44-61-76(84)70(81)50-48-68(79)72-55-38-34-43-60-75(83)69(80)49-47-67(78)46-36-28-32-42-59-74(82)66(7)77/h82-84H,8-65H2,1-7H3/p+1. The number of carbonyl (C=O) groups excluding carboxylic acids is 5. The Hall–Kier alpha value is -2.18. The predicted molar refractivity (Wildman–Crippen MR) is 360 cm³/mol. The molecule has 4 N–H and O–H groups in total. The smallest absolute Gasteiger partial charge is 0.246 e. The van der Waals surface area contributed by atoms with Crippen LogP contribution in [0.5, 0.6) is 0 Å². The number of amides is 4. The molecule has 0 saturated heterocycles. The zero-order valence-corrected chi connectivity index (χ0v) is 58.0. The fourth-order valence-electron chi connectivity index (χ4n) is 12.5. The number of unbranched alkanes of at least 4 members (excludes halogenated alkanes) is 27. The highest BCUT2D eigenvalue weighted by molar-refractivity contribution is 7.75. The first kappa shape index (κ1) is 82.8. The number of rotatable bonds is 65. The molecular formula is C71H141N5O8P+. The maximum Gasteiger partial charge on any atom is 0.246 e. The van der Waals surface area contributed by atoms with Crippen LogP contribution in [0.1, 0.15) is 350 Å². The molecule has 13 nitrogen and oxygen atoms in total. The third-order valence-electron chi connectivity index (χ3n) is 18.3. The molecule has 502 valence electrons. The molecule has 0 aliphatic rings. The molecule has 0 atom stereocenters. The zero-order valence-electron chi connectivity index (χ0n) is 57.1. The van der Waals surface area contributed by atoms with Crippen molar-refractivity contribution in [3.05, 3.63) is 0 Å². The van der Waals surface area contributed by atoms with Gasteiger partial charge in [-0.25, -0.2) is 15.2 Å². The number of nitrogens with zero attached hydrogens (tertiary/aromatic N) is 4. The summed E-state index contributed by atoms with van der Waals surface area (Å²) in [5.74, 6) is -1.61. The number of nitrogens with one attached hydrogen (secondary N) is 1. The third-order valence-corrected chi connectivity index (χ3v) is 23.4. The molecular weight excluding hydrogens is 1080 g/mol. The average molecular weight is 1220 g/mol. The zero-order chi connectivity index (χ0) is 62.9. The van der Waals surface area contributed by atoms with Crippen LogP contribution in [0.2, 0.25) is 0 Å². The van der Waals surface area contributed by atoms with Crippen molar-refractivity contribution < 1.29 is 39.6 Å². The lowest BCUT2D eigenvalue weighted by atomic mass is 9.71. The lowest BCUT2D eigenvalue weighted by Gasteiger charge is -2.35. The van der Waals surface area contributed by atoms with Crippen LogP contribution < -0.4 is 5.32 Å². The van der Waals surface area contributed by atoms with Crippen LogP contribution in [0.15, 0.2) is 0 Å². The van der Waals surface area contributed by atoms with E-state index >= 15 is 0 Å². The summed E-state index contributed by atoms with van der Waals surface area (Å²) in [5, 5.41) is 35.1. The van der Waals surface area contributed by atoms with Gasteiger partial charge in [0.05, 0.1) is 24.6 Å². The van der Waals surface area contributed by atoms with Crippen LogP contribution in [0.3, 0.4) is 0 Å². The van der Waals surface area contributed by atoms with Gasteiger partial charge in [0, 0.05) is 72.5 Å². The molecule has 4 amide bonds. The summed E-state index contributed by atoms with van der Waals surface area (Å²) in [6.45, 7) is 20.0. The normalized spacial score (nSPS) is 11.9. The molecule has 0 heterocycles. The van der Waals surface area contributed by atoms with Crippen LogP contribution >= 0.6 is 7.26 Å². The lowest BCUT2D eigenvalue weighted by Crippen LogP contribution is -2.31. The van der Waals surface area contributed by atoms with E-state index in [0.29, 0.717) is 60.6 Å². The van der Waals surface area contributed by atoms with E-state index in [2.05, 4.69) is 51.8 Å². The van der Waals surface area contributed by atoms with Gasteiger partial charge >= 0.3 is 0 Å². The molecule has 0 spiro atoms. The van der Waals surface area contributed by atoms with Gasteiger partial charge in [-0.15, -0.1) is 0 Å². The molecule has 0 bridgehead atoms. The average Bonchev–Trinajstić information content (AvgIpc) is 3.64. The predicted octanol–water partition coefficient (Wildman–Crippen LogP) is 19.1. The van der Waals surface area contributed by atoms with Gasteiger partial charge < -0.3 is 10.2 Å². The van der Waals surface area contributed by atoms with Gasteiger partial charge in [-0.05, 0) is 141 Å². The molecule has 0 aromatic carbocycles. The monoisotopic (exact) mass is 1220 g/mol. The Bertz CT molecular complexity index is 1490. The van der Waals surface area contributed by atoms with Crippen molar-refractivity contribution >= 4 is 36.7 Å². The number of hydroxylamine groups is 6. The van der Waals surface area contributed by atoms with Crippen LogP contribution in [-0.4, -0.2) is 136 Å². The highest BCUT2D eigenvalue weighted by Crippen LogP contribution is 2.61. The fraction of sp³-hybridized carbons (Fsp3) is 0.930. The van der Waals surface area contributed by atoms with E-state index in [-0.39, 0.29) is 57.0 Å². The molecule has 0 aliphatic heterocycles. The Balaban J connectivity index is 4.74. The number of hydrogen-bond donors (Lipinski definition) is 4. The number of carbonyl (C=O) groups is 5. The van der Waals surface area contributed by atoms with Crippen molar-refractivity contribution in [2.75, 3.05) is 70.5 Å². The van der Waals surface area contributed by atoms with Gasteiger partial charge in [0.2, 0.25) is 23.6 Å². The highest BCUT2D eigenvalue weighted by Gasteiger charge is 2.34. The summed E-state index contributed by atoms with van der Waals surface area (Å²) in [6, 6.07) is 0. The molecule has 0 saturated carbocycles. The Morgan fingerprint density at radius 3 is 1.11 bits per heavy atom. The Morgan fingerprint density at radius 1 is 0.341 bits per heavy atom. The first-order valence-corrected chi connectivity index (χ1v) is 39.0. The summed E-state index contributed by atoms with van der Waals surface area (Å²) in [5.41, 5.74) is 0.602. The third kappa shape index (κ3) is 48.4. The fourth-order valence-corrected chi connectivity index (χ4v) is 17.7.